The van der Waals surface area contributed by atoms with Crippen molar-refractivity contribution in [3.05, 3.63) is 94.5 Å². The number of para-hydroxylation sites is 1. The maximum absolute atomic E-state index is 13.4. The number of halogens is 1. The van der Waals surface area contributed by atoms with Gasteiger partial charge in [0, 0.05) is 19.7 Å². The highest BCUT2D eigenvalue weighted by molar-refractivity contribution is 5.82. The first kappa shape index (κ1) is 18.6. The molecular formula is C23H19FN4O. The fourth-order valence-corrected chi connectivity index (χ4v) is 3.06. The molecule has 0 unspecified atom stereocenters. The zero-order valence-corrected chi connectivity index (χ0v) is 16.1. The molecule has 0 atom stereocenters. The second-order valence-corrected chi connectivity index (χ2v) is 6.78. The number of rotatable bonds is 4. The van der Waals surface area contributed by atoms with Gasteiger partial charge in [-0.3, -0.25) is 9.36 Å². The molecule has 29 heavy (non-hydrogen) atoms. The van der Waals surface area contributed by atoms with Crippen LogP contribution in [-0.2, 0) is 0 Å². The van der Waals surface area contributed by atoms with E-state index in [1.54, 1.807) is 35.5 Å². The lowest BCUT2D eigenvalue weighted by Crippen LogP contribution is -2.22. The Morgan fingerprint density at radius 1 is 0.966 bits per heavy atom. The van der Waals surface area contributed by atoms with Crippen molar-refractivity contribution in [3.63, 3.8) is 0 Å². The summed E-state index contributed by atoms with van der Waals surface area (Å²) in [7, 11) is 3.70. The van der Waals surface area contributed by atoms with Crippen molar-refractivity contribution in [2.24, 2.45) is 5.10 Å². The number of benzene rings is 3. The van der Waals surface area contributed by atoms with E-state index in [1.165, 1.54) is 16.7 Å². The van der Waals surface area contributed by atoms with Gasteiger partial charge in [-0.1, -0.05) is 36.4 Å². The van der Waals surface area contributed by atoms with Crippen molar-refractivity contribution in [1.29, 1.82) is 0 Å². The molecule has 0 aliphatic heterocycles. The number of fused-ring (bicyclic) bond motifs is 1. The van der Waals surface area contributed by atoms with Crippen LogP contribution in [0.25, 0.3) is 28.0 Å². The van der Waals surface area contributed by atoms with E-state index < -0.39 is 0 Å². The number of hydrogen-bond donors (Lipinski definition) is 0. The Bertz CT molecular complexity index is 1240. The SMILES string of the molecule is CN(C)/N=C/c1ccc(-c2nc3ccccc3c(=O)n2-c2ccc(F)cc2)cc1. The van der Waals surface area contributed by atoms with Crippen molar-refractivity contribution >= 4 is 17.1 Å². The van der Waals surface area contributed by atoms with E-state index in [2.05, 4.69) is 5.10 Å². The van der Waals surface area contributed by atoms with E-state index in [9.17, 15) is 9.18 Å². The summed E-state index contributed by atoms with van der Waals surface area (Å²) in [6.45, 7) is 0. The number of hydrogen-bond acceptors (Lipinski definition) is 4. The van der Waals surface area contributed by atoms with Crippen molar-refractivity contribution in [2.45, 2.75) is 0 Å². The second kappa shape index (κ2) is 7.67. The van der Waals surface area contributed by atoms with Gasteiger partial charge in [-0.15, -0.1) is 0 Å². The van der Waals surface area contributed by atoms with Crippen LogP contribution in [0.15, 0.2) is 82.7 Å². The van der Waals surface area contributed by atoms with Crippen LogP contribution in [0.4, 0.5) is 4.39 Å². The average Bonchev–Trinajstić information content (AvgIpc) is 2.73. The Kier molecular flexibility index (Phi) is 4.91. The molecule has 1 heterocycles. The minimum atomic E-state index is -0.360. The lowest BCUT2D eigenvalue weighted by atomic mass is 10.1. The summed E-state index contributed by atoms with van der Waals surface area (Å²) in [5, 5.41) is 6.45. The predicted octanol–water partition coefficient (Wildman–Crippen LogP) is 4.09. The summed E-state index contributed by atoms with van der Waals surface area (Å²) in [6, 6.07) is 20.7. The lowest BCUT2D eigenvalue weighted by Gasteiger charge is -2.14. The highest BCUT2D eigenvalue weighted by Gasteiger charge is 2.14. The molecule has 0 fully saturated rings. The molecule has 0 saturated carbocycles. The normalized spacial score (nSPS) is 11.3. The Balaban J connectivity index is 1.92. The van der Waals surface area contributed by atoms with Gasteiger partial charge in [0.25, 0.3) is 5.56 Å². The standard InChI is InChI=1S/C23H19FN4O/c1-27(2)25-15-16-7-9-17(10-8-16)22-26-21-6-4-3-5-20(21)23(29)28(22)19-13-11-18(24)12-14-19/h3-15H,1-2H3/b25-15+. The minimum Gasteiger partial charge on any atom is -0.303 e. The molecule has 0 radical (unpaired) electrons. The summed E-state index contributed by atoms with van der Waals surface area (Å²) in [5.41, 5.74) is 2.68. The fraction of sp³-hybridized carbons (Fsp3) is 0.0870. The molecule has 0 bridgehead atoms. The van der Waals surface area contributed by atoms with Gasteiger partial charge in [-0.05, 0) is 42.0 Å². The topological polar surface area (TPSA) is 50.5 Å². The molecule has 0 spiro atoms. The number of nitrogens with zero attached hydrogens (tertiary/aromatic N) is 4. The Morgan fingerprint density at radius 2 is 1.66 bits per heavy atom. The first-order valence-electron chi connectivity index (χ1n) is 9.12. The van der Waals surface area contributed by atoms with E-state index in [-0.39, 0.29) is 11.4 Å². The molecule has 4 rings (SSSR count). The zero-order chi connectivity index (χ0) is 20.4. The van der Waals surface area contributed by atoms with Gasteiger partial charge in [0.2, 0.25) is 0 Å². The molecule has 0 amide bonds. The summed E-state index contributed by atoms with van der Waals surface area (Å²) >= 11 is 0. The predicted molar refractivity (Wildman–Crippen MR) is 114 cm³/mol. The summed E-state index contributed by atoms with van der Waals surface area (Å²) in [4.78, 5) is 18.0. The van der Waals surface area contributed by atoms with E-state index >= 15 is 0 Å². The minimum absolute atomic E-state index is 0.199. The largest absolute Gasteiger partial charge is 0.303 e. The van der Waals surface area contributed by atoms with E-state index in [0.717, 1.165) is 11.1 Å². The van der Waals surface area contributed by atoms with E-state index in [4.69, 9.17) is 4.98 Å². The Hall–Kier alpha value is -3.80. The summed E-state index contributed by atoms with van der Waals surface area (Å²) in [6.07, 6.45) is 1.75. The van der Waals surface area contributed by atoms with Crippen molar-refractivity contribution in [2.75, 3.05) is 14.1 Å². The third-order valence-electron chi connectivity index (χ3n) is 4.47. The maximum atomic E-state index is 13.4. The molecular weight excluding hydrogens is 367 g/mol. The first-order valence-corrected chi connectivity index (χ1v) is 9.12. The van der Waals surface area contributed by atoms with Crippen molar-refractivity contribution in [1.82, 2.24) is 14.6 Å². The average molecular weight is 386 g/mol. The smallest absolute Gasteiger partial charge is 0.266 e. The molecule has 4 aromatic rings. The summed E-state index contributed by atoms with van der Waals surface area (Å²) in [5.74, 6) is 0.137. The van der Waals surface area contributed by atoms with Crippen LogP contribution in [0.1, 0.15) is 5.56 Å². The second-order valence-electron chi connectivity index (χ2n) is 6.78. The molecule has 5 nitrogen and oxygen atoms in total. The molecule has 0 saturated heterocycles. The highest BCUT2D eigenvalue weighted by Crippen LogP contribution is 2.22. The monoisotopic (exact) mass is 386 g/mol. The first-order chi connectivity index (χ1) is 14.0. The molecule has 6 heteroatoms. The molecule has 0 aliphatic carbocycles. The fourth-order valence-electron chi connectivity index (χ4n) is 3.06. The molecule has 0 aliphatic rings. The van der Waals surface area contributed by atoms with Gasteiger partial charge in [-0.25, -0.2) is 9.37 Å². The zero-order valence-electron chi connectivity index (χ0n) is 16.1. The summed E-state index contributed by atoms with van der Waals surface area (Å²) < 4.78 is 15.0. The maximum Gasteiger partial charge on any atom is 0.266 e. The lowest BCUT2D eigenvalue weighted by molar-refractivity contribution is 0.440. The van der Waals surface area contributed by atoms with Gasteiger partial charge < -0.3 is 5.01 Å². The van der Waals surface area contributed by atoms with Crippen molar-refractivity contribution < 1.29 is 4.39 Å². The third-order valence-corrected chi connectivity index (χ3v) is 4.47. The molecule has 3 aromatic carbocycles. The van der Waals surface area contributed by atoms with Crippen LogP contribution in [-0.4, -0.2) is 34.9 Å². The van der Waals surface area contributed by atoms with Gasteiger partial charge >= 0.3 is 0 Å². The van der Waals surface area contributed by atoms with Crippen LogP contribution in [0.3, 0.4) is 0 Å². The van der Waals surface area contributed by atoms with Crippen LogP contribution >= 0.6 is 0 Å². The van der Waals surface area contributed by atoms with Gasteiger partial charge in [0.1, 0.15) is 11.6 Å². The van der Waals surface area contributed by atoms with E-state index in [1.807, 2.05) is 50.5 Å². The molecule has 0 N–H and O–H groups in total. The van der Waals surface area contributed by atoms with Gasteiger partial charge in [0.15, 0.2) is 0 Å². The van der Waals surface area contributed by atoms with E-state index in [0.29, 0.717) is 22.4 Å². The van der Waals surface area contributed by atoms with Crippen LogP contribution < -0.4 is 5.56 Å². The van der Waals surface area contributed by atoms with Crippen LogP contribution in [0.2, 0.25) is 0 Å². The van der Waals surface area contributed by atoms with Gasteiger partial charge in [-0.2, -0.15) is 5.10 Å². The third kappa shape index (κ3) is 3.78. The molecule has 144 valence electrons. The van der Waals surface area contributed by atoms with Gasteiger partial charge in [0.05, 0.1) is 22.8 Å². The highest BCUT2D eigenvalue weighted by atomic mass is 19.1. The molecule has 1 aromatic heterocycles. The quantitative estimate of drug-likeness (QED) is 0.392. The Labute approximate surface area is 167 Å². The van der Waals surface area contributed by atoms with Crippen LogP contribution in [0, 0.1) is 5.82 Å². The van der Waals surface area contributed by atoms with Crippen molar-refractivity contribution in [3.8, 4) is 17.1 Å². The Morgan fingerprint density at radius 3 is 2.34 bits per heavy atom. The number of hydrazone groups is 1. The van der Waals surface area contributed by atoms with Crippen LogP contribution in [0.5, 0.6) is 0 Å². The number of aromatic nitrogens is 2.